The summed E-state index contributed by atoms with van der Waals surface area (Å²) in [5.41, 5.74) is 0.457. The van der Waals surface area contributed by atoms with Gasteiger partial charge in [0.25, 0.3) is 0 Å². The van der Waals surface area contributed by atoms with Crippen molar-refractivity contribution in [2.24, 2.45) is 5.40 Å². The fourth-order valence-electron chi connectivity index (χ4n) is 2.97. The SMILES string of the molecule is N[SiH3].c1ccc([SiH](c2ccccc2)C2CCCCO2)cc1. The van der Waals surface area contributed by atoms with Crippen LogP contribution in [0.2, 0.25) is 0 Å². The Hall–Kier alpha value is -1.21. The van der Waals surface area contributed by atoms with Crippen LogP contribution in [0.4, 0.5) is 0 Å². The minimum atomic E-state index is -1.25. The molecule has 2 aromatic rings. The van der Waals surface area contributed by atoms with Gasteiger partial charge in [0.2, 0.25) is 0 Å². The molecule has 1 aliphatic heterocycles. The fraction of sp³-hybridized carbons (Fsp3) is 0.294. The number of benzene rings is 2. The predicted octanol–water partition coefficient (Wildman–Crippen LogP) is 0.362. The van der Waals surface area contributed by atoms with E-state index in [1.54, 1.807) is 0 Å². The largest absolute Gasteiger partial charge is 0.381 e. The summed E-state index contributed by atoms with van der Waals surface area (Å²) >= 11 is 0. The summed E-state index contributed by atoms with van der Waals surface area (Å²) in [5, 5.41) is 7.64. The Bertz CT molecular complexity index is 461. The molecule has 4 heteroatoms. The first-order chi connectivity index (χ1) is 10.4. The molecular formula is C17H25NOSi2. The van der Waals surface area contributed by atoms with Crippen molar-refractivity contribution in [2.75, 3.05) is 6.61 Å². The average molecular weight is 316 g/mol. The fourth-order valence-corrected chi connectivity index (χ4v) is 6.39. The molecule has 1 unspecified atom stereocenters. The molecular weight excluding hydrogens is 290 g/mol. The van der Waals surface area contributed by atoms with Crippen molar-refractivity contribution in [3.63, 3.8) is 0 Å². The van der Waals surface area contributed by atoms with E-state index in [1.165, 1.54) is 29.6 Å². The first kappa shape index (κ1) is 16.2. The Morgan fingerprint density at radius 1 is 0.857 bits per heavy atom. The number of nitrogens with two attached hydrogens (primary N) is 1. The number of ether oxygens (including phenoxy) is 1. The molecule has 1 aliphatic rings. The lowest BCUT2D eigenvalue weighted by Gasteiger charge is -2.30. The van der Waals surface area contributed by atoms with Crippen LogP contribution in [0.3, 0.4) is 0 Å². The van der Waals surface area contributed by atoms with Crippen LogP contribution in [-0.2, 0) is 4.74 Å². The minimum Gasteiger partial charge on any atom is -0.381 e. The van der Waals surface area contributed by atoms with Crippen molar-refractivity contribution in [3.8, 4) is 0 Å². The Morgan fingerprint density at radius 3 is 1.81 bits per heavy atom. The zero-order chi connectivity index (χ0) is 14.9. The van der Waals surface area contributed by atoms with E-state index in [1.807, 2.05) is 0 Å². The highest BCUT2D eigenvalue weighted by molar-refractivity contribution is 6.86. The van der Waals surface area contributed by atoms with Gasteiger partial charge in [-0.15, -0.1) is 0 Å². The lowest BCUT2D eigenvalue weighted by Crippen LogP contribution is -2.53. The molecule has 2 N–H and O–H groups in total. The Labute approximate surface area is 132 Å². The van der Waals surface area contributed by atoms with Crippen molar-refractivity contribution < 1.29 is 4.74 Å². The first-order valence-corrected chi connectivity index (χ1v) is 10.7. The summed E-state index contributed by atoms with van der Waals surface area (Å²) in [4.78, 5) is 0. The highest BCUT2D eigenvalue weighted by Gasteiger charge is 2.28. The van der Waals surface area contributed by atoms with Gasteiger partial charge < -0.3 is 10.1 Å². The molecule has 112 valence electrons. The van der Waals surface area contributed by atoms with Gasteiger partial charge in [-0.1, -0.05) is 71.0 Å². The molecule has 1 atom stereocenters. The molecule has 3 rings (SSSR count). The quantitative estimate of drug-likeness (QED) is 0.830. The van der Waals surface area contributed by atoms with E-state index in [2.05, 4.69) is 66.1 Å². The molecule has 0 amide bonds. The second-order valence-corrected chi connectivity index (χ2v) is 8.24. The topological polar surface area (TPSA) is 35.2 Å². The van der Waals surface area contributed by atoms with E-state index in [0.717, 1.165) is 17.0 Å². The van der Waals surface area contributed by atoms with Crippen molar-refractivity contribution in [1.29, 1.82) is 0 Å². The highest BCUT2D eigenvalue weighted by atomic mass is 28.3. The monoisotopic (exact) mass is 315 g/mol. The van der Waals surface area contributed by atoms with Crippen molar-refractivity contribution in [1.82, 2.24) is 0 Å². The standard InChI is InChI=1S/C17H20OSi.H5NSi/c1-3-9-15(10-4-1)19(16-11-5-2-6-12-16)17-13-7-8-14-18-17;1-2/h1-6,9-12,17,19H,7-8,13-14H2;1H2,2H3. The van der Waals surface area contributed by atoms with Crippen LogP contribution in [0.15, 0.2) is 60.7 Å². The number of rotatable bonds is 3. The predicted molar refractivity (Wildman–Crippen MR) is 97.0 cm³/mol. The van der Waals surface area contributed by atoms with Crippen LogP contribution in [0.25, 0.3) is 0 Å². The summed E-state index contributed by atoms with van der Waals surface area (Å²) in [6, 6.07) is 21.9. The van der Waals surface area contributed by atoms with E-state index in [9.17, 15) is 0 Å². The maximum Gasteiger partial charge on any atom is 0.134 e. The van der Waals surface area contributed by atoms with Gasteiger partial charge in [0.1, 0.15) is 8.80 Å². The van der Waals surface area contributed by atoms with Crippen LogP contribution in [0.1, 0.15) is 19.3 Å². The summed E-state index contributed by atoms with van der Waals surface area (Å²) in [6.45, 7) is 0.938. The zero-order valence-corrected chi connectivity index (χ0v) is 15.9. The molecule has 0 saturated carbocycles. The molecule has 2 nitrogen and oxygen atoms in total. The van der Waals surface area contributed by atoms with Crippen LogP contribution in [-0.4, -0.2) is 31.5 Å². The summed E-state index contributed by atoms with van der Waals surface area (Å²) in [6.07, 6.45) is 3.76. The maximum absolute atomic E-state index is 6.11. The van der Waals surface area contributed by atoms with Gasteiger partial charge in [0, 0.05) is 6.61 Å². The summed E-state index contributed by atoms with van der Waals surface area (Å²) in [7, 11) is -0.448. The lowest BCUT2D eigenvalue weighted by molar-refractivity contribution is 0.0644. The molecule has 1 heterocycles. The minimum absolute atomic E-state index is 0.457. The third-order valence-corrected chi connectivity index (χ3v) is 7.38. The molecule has 0 aliphatic carbocycles. The summed E-state index contributed by atoms with van der Waals surface area (Å²) in [5.74, 6) is 0. The average Bonchev–Trinajstić information content (AvgIpc) is 2.60. The van der Waals surface area contributed by atoms with Crippen LogP contribution in [0.5, 0.6) is 0 Å². The Kier molecular flexibility index (Phi) is 6.89. The maximum atomic E-state index is 6.11. The van der Waals surface area contributed by atoms with Crippen molar-refractivity contribution in [3.05, 3.63) is 60.7 Å². The van der Waals surface area contributed by atoms with Crippen LogP contribution in [0, 0.1) is 0 Å². The number of hydrogen-bond acceptors (Lipinski definition) is 2. The second-order valence-electron chi connectivity index (χ2n) is 5.20. The smallest absolute Gasteiger partial charge is 0.134 e. The van der Waals surface area contributed by atoms with E-state index < -0.39 is 8.80 Å². The van der Waals surface area contributed by atoms with Gasteiger partial charge in [0.05, 0.1) is 16.1 Å². The second kappa shape index (κ2) is 8.94. The Balaban J connectivity index is 0.000000774. The van der Waals surface area contributed by atoms with Gasteiger partial charge in [-0.3, -0.25) is 0 Å². The van der Waals surface area contributed by atoms with E-state index in [4.69, 9.17) is 4.74 Å². The molecule has 0 spiro atoms. The van der Waals surface area contributed by atoms with Gasteiger partial charge in [-0.05, 0) is 19.3 Å². The molecule has 0 radical (unpaired) electrons. The third-order valence-electron chi connectivity index (χ3n) is 3.90. The lowest BCUT2D eigenvalue weighted by atomic mass is 10.2. The number of hydrogen-bond donors (Lipinski definition) is 1. The van der Waals surface area contributed by atoms with Crippen LogP contribution < -0.4 is 15.8 Å². The first-order valence-electron chi connectivity index (χ1n) is 7.74. The molecule has 0 aromatic heterocycles. The zero-order valence-electron chi connectivity index (χ0n) is 12.7. The molecule has 2 aromatic carbocycles. The molecule has 1 saturated heterocycles. The van der Waals surface area contributed by atoms with Crippen LogP contribution >= 0.6 is 0 Å². The highest BCUT2D eigenvalue weighted by Crippen LogP contribution is 2.15. The third kappa shape index (κ3) is 4.38. The van der Waals surface area contributed by atoms with Gasteiger partial charge >= 0.3 is 0 Å². The van der Waals surface area contributed by atoms with Gasteiger partial charge in [-0.25, -0.2) is 0 Å². The normalized spacial score (nSPS) is 18.1. The molecule has 21 heavy (non-hydrogen) atoms. The Morgan fingerprint density at radius 2 is 1.38 bits per heavy atom. The molecule has 0 bridgehead atoms. The van der Waals surface area contributed by atoms with Crippen molar-refractivity contribution >= 4 is 29.6 Å². The van der Waals surface area contributed by atoms with Gasteiger partial charge in [0.15, 0.2) is 0 Å². The van der Waals surface area contributed by atoms with Crippen molar-refractivity contribution in [2.45, 2.75) is 25.0 Å². The molecule has 1 fully saturated rings. The summed E-state index contributed by atoms with van der Waals surface area (Å²) < 4.78 is 6.11. The van der Waals surface area contributed by atoms with E-state index >= 15 is 0 Å². The van der Waals surface area contributed by atoms with E-state index in [-0.39, 0.29) is 0 Å². The van der Waals surface area contributed by atoms with E-state index in [0.29, 0.717) is 5.73 Å². The van der Waals surface area contributed by atoms with Gasteiger partial charge in [-0.2, -0.15) is 0 Å².